The lowest BCUT2D eigenvalue weighted by atomic mass is 10.00. The molecule has 8 heteroatoms. The van der Waals surface area contributed by atoms with Crippen LogP contribution < -0.4 is 20.0 Å². The predicted octanol–water partition coefficient (Wildman–Crippen LogP) is 3.84. The van der Waals surface area contributed by atoms with Crippen LogP contribution in [0.15, 0.2) is 39.5 Å². The largest absolute Gasteiger partial charge is 0.497 e. The third-order valence-corrected chi connectivity index (χ3v) is 5.56. The van der Waals surface area contributed by atoms with E-state index in [0.29, 0.717) is 46.1 Å². The molecule has 0 saturated heterocycles. The predicted molar refractivity (Wildman–Crippen MR) is 113 cm³/mol. The fraction of sp³-hybridized carbons (Fsp3) is 0.273. The van der Waals surface area contributed by atoms with Gasteiger partial charge in [0.1, 0.15) is 17.1 Å². The topological polar surface area (TPSA) is 78.2 Å². The van der Waals surface area contributed by atoms with Crippen LogP contribution in [0.25, 0.3) is 11.0 Å². The molecule has 0 radical (unpaired) electrons. The van der Waals surface area contributed by atoms with Crippen molar-refractivity contribution in [3.05, 3.63) is 62.5 Å². The molecule has 0 spiro atoms. The molecule has 0 N–H and O–H groups in total. The van der Waals surface area contributed by atoms with Crippen molar-refractivity contribution in [2.45, 2.75) is 19.9 Å². The maximum atomic E-state index is 12.6. The molecule has 1 aromatic heterocycles. The summed E-state index contributed by atoms with van der Waals surface area (Å²) in [5.74, 6) is 0.741. The summed E-state index contributed by atoms with van der Waals surface area (Å²) in [4.78, 5) is 26.3. The molecule has 1 aliphatic heterocycles. The Morgan fingerprint density at radius 1 is 1.23 bits per heavy atom. The lowest BCUT2D eigenvalue weighted by molar-refractivity contribution is -0.139. The zero-order chi connectivity index (χ0) is 21.4. The maximum Gasteiger partial charge on any atom is 0.340 e. The Morgan fingerprint density at radius 3 is 2.63 bits per heavy atom. The molecule has 0 saturated carbocycles. The van der Waals surface area contributed by atoms with E-state index in [1.54, 1.807) is 20.1 Å². The summed E-state index contributed by atoms with van der Waals surface area (Å²) in [6, 6.07) is 9.29. The number of anilines is 1. The van der Waals surface area contributed by atoms with Gasteiger partial charge in [0.15, 0.2) is 6.73 Å². The molecule has 156 valence electrons. The van der Waals surface area contributed by atoms with Crippen LogP contribution in [0.1, 0.15) is 16.7 Å². The Kier molecular flexibility index (Phi) is 5.30. The second-order valence-electron chi connectivity index (χ2n) is 6.96. The minimum atomic E-state index is -0.573. The molecule has 4 rings (SSSR count). The van der Waals surface area contributed by atoms with Gasteiger partial charge < -0.3 is 23.5 Å². The highest BCUT2D eigenvalue weighted by molar-refractivity contribution is 6.33. The van der Waals surface area contributed by atoms with E-state index in [0.717, 1.165) is 11.4 Å². The summed E-state index contributed by atoms with van der Waals surface area (Å²) < 4.78 is 21.4. The van der Waals surface area contributed by atoms with Crippen molar-refractivity contribution in [1.29, 1.82) is 0 Å². The highest BCUT2D eigenvalue weighted by Gasteiger charge is 2.26. The van der Waals surface area contributed by atoms with E-state index in [4.69, 9.17) is 25.5 Å². The average molecular weight is 430 g/mol. The van der Waals surface area contributed by atoms with Gasteiger partial charge in [-0.1, -0.05) is 11.6 Å². The number of methoxy groups -OCH3 is 2. The minimum absolute atomic E-state index is 0.163. The standard InChI is InChI=1S/C22H20ClNO6/c1-12-15-8-18(23)21-17(20(15)30-22(26)16(12)9-19(25)28-3)10-24(11-29-21)13-4-6-14(27-2)7-5-13/h4-8H,9-11H2,1-3H3. The third-order valence-electron chi connectivity index (χ3n) is 5.28. The molecule has 0 unspecified atom stereocenters. The monoisotopic (exact) mass is 429 g/mol. The van der Waals surface area contributed by atoms with Crippen molar-refractivity contribution in [1.82, 2.24) is 0 Å². The summed E-state index contributed by atoms with van der Waals surface area (Å²) in [5.41, 5.74) is 2.34. The van der Waals surface area contributed by atoms with Crippen LogP contribution in [0.2, 0.25) is 5.02 Å². The van der Waals surface area contributed by atoms with Crippen LogP contribution in [-0.4, -0.2) is 26.9 Å². The van der Waals surface area contributed by atoms with Crippen LogP contribution in [-0.2, 0) is 22.5 Å². The van der Waals surface area contributed by atoms with Crippen molar-refractivity contribution in [3.63, 3.8) is 0 Å². The summed E-state index contributed by atoms with van der Waals surface area (Å²) >= 11 is 6.48. The van der Waals surface area contributed by atoms with Crippen LogP contribution in [0.4, 0.5) is 5.69 Å². The Morgan fingerprint density at radius 2 is 1.97 bits per heavy atom. The molecule has 0 fully saturated rings. The van der Waals surface area contributed by atoms with Gasteiger partial charge >= 0.3 is 11.6 Å². The molecule has 0 amide bonds. The summed E-state index contributed by atoms with van der Waals surface area (Å²) in [6.07, 6.45) is -0.163. The molecule has 2 heterocycles. The first kappa shape index (κ1) is 20.1. The number of aryl methyl sites for hydroxylation is 1. The molecule has 1 aliphatic rings. The number of benzene rings is 2. The first-order valence-electron chi connectivity index (χ1n) is 9.29. The number of rotatable bonds is 4. The molecule has 0 bridgehead atoms. The zero-order valence-electron chi connectivity index (χ0n) is 16.8. The number of nitrogens with zero attached hydrogens (tertiary/aromatic N) is 1. The van der Waals surface area contributed by atoms with Crippen LogP contribution in [0.5, 0.6) is 11.5 Å². The summed E-state index contributed by atoms with van der Waals surface area (Å²) in [5, 5.41) is 1.09. The maximum absolute atomic E-state index is 12.6. The average Bonchev–Trinajstić information content (AvgIpc) is 2.77. The smallest absolute Gasteiger partial charge is 0.340 e. The van der Waals surface area contributed by atoms with Crippen molar-refractivity contribution in [2.24, 2.45) is 0 Å². The molecule has 30 heavy (non-hydrogen) atoms. The van der Waals surface area contributed by atoms with Gasteiger partial charge in [0.25, 0.3) is 0 Å². The molecule has 3 aromatic rings. The van der Waals surface area contributed by atoms with Gasteiger partial charge in [0.2, 0.25) is 0 Å². The van der Waals surface area contributed by atoms with E-state index < -0.39 is 11.6 Å². The number of hydrogen-bond donors (Lipinski definition) is 0. The molecule has 0 atom stereocenters. The van der Waals surface area contributed by atoms with Gasteiger partial charge in [0, 0.05) is 11.1 Å². The molecular formula is C22H20ClNO6. The quantitative estimate of drug-likeness (QED) is 0.460. The van der Waals surface area contributed by atoms with Gasteiger partial charge in [-0.05, 0) is 42.8 Å². The molecule has 7 nitrogen and oxygen atoms in total. The van der Waals surface area contributed by atoms with Crippen molar-refractivity contribution in [2.75, 3.05) is 25.9 Å². The third kappa shape index (κ3) is 3.45. The van der Waals surface area contributed by atoms with Crippen molar-refractivity contribution in [3.8, 4) is 11.5 Å². The minimum Gasteiger partial charge on any atom is -0.497 e. The van der Waals surface area contributed by atoms with Gasteiger partial charge in [-0.15, -0.1) is 0 Å². The van der Waals surface area contributed by atoms with Crippen LogP contribution >= 0.6 is 11.6 Å². The number of fused-ring (bicyclic) bond motifs is 3. The van der Waals surface area contributed by atoms with Gasteiger partial charge in [-0.3, -0.25) is 4.79 Å². The SMILES string of the molecule is COC(=O)Cc1c(C)c2cc(Cl)c3c(c2oc1=O)CN(c1ccc(OC)cc1)CO3. The molecule has 2 aromatic carbocycles. The Hall–Kier alpha value is -3.19. The number of esters is 1. The molecular weight excluding hydrogens is 410 g/mol. The lowest BCUT2D eigenvalue weighted by Crippen LogP contribution is -2.32. The molecule has 0 aliphatic carbocycles. The van der Waals surface area contributed by atoms with Gasteiger partial charge in [0.05, 0.1) is 43.3 Å². The number of carbonyl (C=O) groups is 1. The van der Waals surface area contributed by atoms with E-state index in [-0.39, 0.29) is 12.0 Å². The second-order valence-corrected chi connectivity index (χ2v) is 7.37. The zero-order valence-corrected chi connectivity index (χ0v) is 17.5. The second kappa shape index (κ2) is 7.91. The normalized spacial score (nSPS) is 13.0. The summed E-state index contributed by atoms with van der Waals surface area (Å²) in [6.45, 7) is 2.51. The van der Waals surface area contributed by atoms with E-state index in [9.17, 15) is 9.59 Å². The van der Waals surface area contributed by atoms with Gasteiger partial charge in [-0.2, -0.15) is 0 Å². The Balaban J connectivity index is 1.81. The van der Waals surface area contributed by atoms with Gasteiger partial charge in [-0.25, -0.2) is 4.79 Å². The Labute approximate surface area is 177 Å². The summed E-state index contributed by atoms with van der Waals surface area (Å²) in [7, 11) is 2.89. The van der Waals surface area contributed by atoms with E-state index in [1.807, 2.05) is 29.2 Å². The van der Waals surface area contributed by atoms with Crippen molar-refractivity contribution >= 4 is 34.2 Å². The first-order chi connectivity index (χ1) is 14.4. The number of hydrogen-bond acceptors (Lipinski definition) is 7. The van der Waals surface area contributed by atoms with Crippen LogP contribution in [0.3, 0.4) is 0 Å². The highest BCUT2D eigenvalue weighted by atomic mass is 35.5. The highest BCUT2D eigenvalue weighted by Crippen LogP contribution is 2.40. The van der Waals surface area contributed by atoms with E-state index >= 15 is 0 Å². The number of halogens is 1. The van der Waals surface area contributed by atoms with Crippen LogP contribution in [0, 0.1) is 6.92 Å². The number of carbonyl (C=O) groups excluding carboxylic acids is 1. The van der Waals surface area contributed by atoms with E-state index in [2.05, 4.69) is 4.74 Å². The number of ether oxygens (including phenoxy) is 3. The van der Waals surface area contributed by atoms with E-state index in [1.165, 1.54) is 7.11 Å². The van der Waals surface area contributed by atoms with Crippen molar-refractivity contribution < 1.29 is 23.4 Å². The fourth-order valence-corrected chi connectivity index (χ4v) is 3.87. The lowest BCUT2D eigenvalue weighted by Gasteiger charge is -2.31. The first-order valence-corrected chi connectivity index (χ1v) is 9.67. The fourth-order valence-electron chi connectivity index (χ4n) is 3.59. The Bertz CT molecular complexity index is 1190.